The first-order chi connectivity index (χ1) is 13.2. The van der Waals surface area contributed by atoms with Crippen LogP contribution in [0.1, 0.15) is 24.8 Å². The van der Waals surface area contributed by atoms with E-state index in [-0.39, 0.29) is 5.69 Å². The molecule has 0 N–H and O–H groups in total. The van der Waals surface area contributed by atoms with E-state index < -0.39 is 10.5 Å². The fourth-order valence-electron chi connectivity index (χ4n) is 3.90. The van der Waals surface area contributed by atoms with E-state index in [1.54, 1.807) is 0 Å². The van der Waals surface area contributed by atoms with Crippen molar-refractivity contribution in [1.82, 2.24) is 4.57 Å². The molecule has 1 saturated heterocycles. The third-order valence-corrected chi connectivity index (χ3v) is 5.16. The number of hydrogen-bond acceptors (Lipinski definition) is 4. The zero-order valence-corrected chi connectivity index (χ0v) is 15.0. The Labute approximate surface area is 156 Å². The lowest BCUT2D eigenvalue weighted by atomic mass is 10.1. The molecule has 1 fully saturated rings. The summed E-state index contributed by atoms with van der Waals surface area (Å²) in [7, 11) is 0. The average Bonchev–Trinajstić information content (AvgIpc) is 2.71. The van der Waals surface area contributed by atoms with Crippen LogP contribution in [0, 0.1) is 10.1 Å². The minimum atomic E-state index is -0.539. The van der Waals surface area contributed by atoms with Crippen LogP contribution in [0.25, 0.3) is 10.9 Å². The number of piperidine rings is 1. The van der Waals surface area contributed by atoms with Crippen LogP contribution in [0.3, 0.4) is 0 Å². The van der Waals surface area contributed by atoms with E-state index in [0.29, 0.717) is 12.2 Å². The molecule has 0 spiro atoms. The molecule has 27 heavy (non-hydrogen) atoms. The highest BCUT2D eigenvalue weighted by Crippen LogP contribution is 2.35. The zero-order chi connectivity index (χ0) is 18.8. The minimum absolute atomic E-state index is 0.307. The zero-order valence-electron chi connectivity index (χ0n) is 15.0. The maximum atomic E-state index is 13.2. The minimum Gasteiger partial charge on any atom is -0.365 e. The van der Waals surface area contributed by atoms with Crippen LogP contribution in [0.4, 0.5) is 11.4 Å². The highest BCUT2D eigenvalue weighted by atomic mass is 16.6. The number of nitrogens with zero attached hydrogens (tertiary/aromatic N) is 3. The molecule has 0 bridgehead atoms. The van der Waals surface area contributed by atoms with Gasteiger partial charge in [-0.3, -0.25) is 19.5 Å². The Hall–Kier alpha value is -3.15. The van der Waals surface area contributed by atoms with Gasteiger partial charge in [-0.15, -0.1) is 0 Å². The molecule has 0 saturated carbocycles. The Morgan fingerprint density at radius 3 is 2.30 bits per heavy atom. The summed E-state index contributed by atoms with van der Waals surface area (Å²) in [6.07, 6.45) is 3.09. The summed E-state index contributed by atoms with van der Waals surface area (Å²) in [6, 6.07) is 17.1. The normalized spacial score (nSPS) is 14.4. The molecule has 0 radical (unpaired) electrons. The van der Waals surface area contributed by atoms with Gasteiger partial charge in [-0.25, -0.2) is 0 Å². The lowest BCUT2D eigenvalue weighted by molar-refractivity contribution is -0.385. The van der Waals surface area contributed by atoms with Gasteiger partial charge in [0.1, 0.15) is 5.69 Å². The van der Waals surface area contributed by atoms with E-state index in [2.05, 4.69) is 0 Å². The second-order valence-electron chi connectivity index (χ2n) is 6.90. The van der Waals surface area contributed by atoms with Crippen molar-refractivity contribution in [3.05, 3.63) is 80.6 Å². The summed E-state index contributed by atoms with van der Waals surface area (Å²) >= 11 is 0. The predicted octanol–water partition coefficient (Wildman–Crippen LogP) is 3.95. The Kier molecular flexibility index (Phi) is 4.62. The van der Waals surface area contributed by atoms with E-state index in [1.165, 1.54) is 4.57 Å². The van der Waals surface area contributed by atoms with Gasteiger partial charge in [-0.2, -0.15) is 0 Å². The van der Waals surface area contributed by atoms with Crippen LogP contribution < -0.4 is 10.5 Å². The van der Waals surface area contributed by atoms with Crippen LogP contribution in [-0.2, 0) is 6.54 Å². The van der Waals surface area contributed by atoms with Crippen LogP contribution >= 0.6 is 0 Å². The maximum absolute atomic E-state index is 13.2. The molecule has 138 valence electrons. The van der Waals surface area contributed by atoms with Gasteiger partial charge in [0.15, 0.2) is 0 Å². The maximum Gasteiger partial charge on any atom is 0.357 e. The molecule has 6 heteroatoms. The second kappa shape index (κ2) is 7.23. The van der Waals surface area contributed by atoms with E-state index in [9.17, 15) is 14.9 Å². The average molecular weight is 363 g/mol. The fraction of sp³-hybridized carbons (Fsp3) is 0.286. The Bertz CT molecular complexity index is 1040. The molecule has 2 aromatic carbocycles. The van der Waals surface area contributed by atoms with Gasteiger partial charge >= 0.3 is 11.2 Å². The van der Waals surface area contributed by atoms with Crippen molar-refractivity contribution in [2.75, 3.05) is 18.0 Å². The quantitative estimate of drug-likeness (QED) is 0.520. The first-order valence-electron chi connectivity index (χ1n) is 9.25. The van der Waals surface area contributed by atoms with Crippen molar-refractivity contribution >= 4 is 22.3 Å². The summed E-state index contributed by atoms with van der Waals surface area (Å²) in [4.78, 5) is 26.6. The van der Waals surface area contributed by atoms with Gasteiger partial charge < -0.3 is 4.90 Å². The van der Waals surface area contributed by atoms with Crippen LogP contribution in [0.2, 0.25) is 0 Å². The molecule has 1 aromatic heterocycles. The molecule has 4 rings (SSSR count). The van der Waals surface area contributed by atoms with Crippen molar-refractivity contribution in [3.63, 3.8) is 0 Å². The Morgan fingerprint density at radius 2 is 1.59 bits per heavy atom. The van der Waals surface area contributed by atoms with Gasteiger partial charge in [-0.1, -0.05) is 48.5 Å². The van der Waals surface area contributed by atoms with Crippen molar-refractivity contribution in [2.45, 2.75) is 25.8 Å². The summed E-state index contributed by atoms with van der Waals surface area (Å²) in [5.74, 6) is 0. The lowest BCUT2D eigenvalue weighted by Crippen LogP contribution is -2.33. The largest absolute Gasteiger partial charge is 0.365 e. The molecule has 2 heterocycles. The molecule has 0 unspecified atom stereocenters. The third kappa shape index (κ3) is 3.18. The van der Waals surface area contributed by atoms with Gasteiger partial charge in [0.2, 0.25) is 0 Å². The number of fused-ring (bicyclic) bond motifs is 1. The monoisotopic (exact) mass is 363 g/mol. The van der Waals surface area contributed by atoms with Gasteiger partial charge in [0, 0.05) is 18.5 Å². The number of pyridine rings is 1. The van der Waals surface area contributed by atoms with E-state index in [4.69, 9.17) is 0 Å². The number of aromatic nitrogens is 1. The number of benzene rings is 2. The first-order valence-corrected chi connectivity index (χ1v) is 9.25. The van der Waals surface area contributed by atoms with Gasteiger partial charge in [0.05, 0.1) is 17.0 Å². The molecule has 0 aliphatic carbocycles. The van der Waals surface area contributed by atoms with Crippen LogP contribution in [0.5, 0.6) is 0 Å². The smallest absolute Gasteiger partial charge is 0.357 e. The SMILES string of the molecule is O=c1c([N+](=O)[O-])c(N2CCCCC2)c2ccccc2n1Cc1ccccc1. The van der Waals surface area contributed by atoms with Crippen molar-refractivity contribution in [3.8, 4) is 0 Å². The number of rotatable bonds is 4. The third-order valence-electron chi connectivity index (χ3n) is 5.16. The van der Waals surface area contributed by atoms with Crippen molar-refractivity contribution < 1.29 is 4.92 Å². The summed E-state index contributed by atoms with van der Waals surface area (Å²) in [6.45, 7) is 1.79. The summed E-state index contributed by atoms with van der Waals surface area (Å²) in [5.41, 5.74) is 1.29. The van der Waals surface area contributed by atoms with Crippen molar-refractivity contribution in [1.29, 1.82) is 0 Å². The Morgan fingerprint density at radius 1 is 0.926 bits per heavy atom. The topological polar surface area (TPSA) is 68.4 Å². The number of nitro groups is 1. The first kappa shape index (κ1) is 17.3. The molecule has 0 atom stereocenters. The Balaban J connectivity index is 1.99. The molecule has 1 aliphatic rings. The summed E-state index contributed by atoms with van der Waals surface area (Å²) < 4.78 is 1.52. The van der Waals surface area contributed by atoms with E-state index in [0.717, 1.165) is 48.8 Å². The highest BCUT2D eigenvalue weighted by molar-refractivity contribution is 5.96. The number of para-hydroxylation sites is 1. The molecular weight excluding hydrogens is 342 g/mol. The molecular formula is C21H21N3O3. The number of anilines is 1. The second-order valence-corrected chi connectivity index (χ2v) is 6.90. The number of hydrogen-bond donors (Lipinski definition) is 0. The molecule has 6 nitrogen and oxygen atoms in total. The van der Waals surface area contributed by atoms with E-state index in [1.807, 2.05) is 59.5 Å². The molecule has 3 aromatic rings. The molecule has 0 amide bonds. The highest BCUT2D eigenvalue weighted by Gasteiger charge is 2.30. The van der Waals surface area contributed by atoms with Crippen LogP contribution in [-0.4, -0.2) is 22.6 Å². The predicted molar refractivity (Wildman–Crippen MR) is 106 cm³/mol. The van der Waals surface area contributed by atoms with Crippen LogP contribution in [0.15, 0.2) is 59.4 Å². The standard InChI is InChI=1S/C21H21N3O3/c25-21-20(24(26)27)19(22-13-7-2-8-14-22)17-11-5-6-12-18(17)23(21)15-16-9-3-1-4-10-16/h1,3-6,9-12H,2,7-8,13-15H2. The summed E-state index contributed by atoms with van der Waals surface area (Å²) in [5, 5.41) is 12.7. The fourth-order valence-corrected chi connectivity index (χ4v) is 3.90. The van der Waals surface area contributed by atoms with Gasteiger partial charge in [0.25, 0.3) is 0 Å². The van der Waals surface area contributed by atoms with E-state index >= 15 is 0 Å². The molecule has 1 aliphatic heterocycles. The van der Waals surface area contributed by atoms with Crippen molar-refractivity contribution in [2.24, 2.45) is 0 Å². The van der Waals surface area contributed by atoms with Gasteiger partial charge in [-0.05, 0) is 30.9 Å². The lowest BCUT2D eigenvalue weighted by Gasteiger charge is -2.29.